The number of nitrogens with zero attached hydrogens (tertiary/aromatic N) is 2. The summed E-state index contributed by atoms with van der Waals surface area (Å²) in [4.78, 5) is 6.69. The highest BCUT2D eigenvalue weighted by Gasteiger charge is 2.28. The Hall–Kier alpha value is -1.43. The Morgan fingerprint density at radius 1 is 1.30 bits per heavy atom. The van der Waals surface area contributed by atoms with Gasteiger partial charge in [0.15, 0.2) is 11.5 Å². The Kier molecular flexibility index (Phi) is 4.00. The zero-order chi connectivity index (χ0) is 13.9. The summed E-state index contributed by atoms with van der Waals surface area (Å²) in [6, 6.07) is 7.60. The molecule has 108 valence electrons. The van der Waals surface area contributed by atoms with E-state index in [1.165, 1.54) is 0 Å². The predicted octanol–water partition coefficient (Wildman–Crippen LogP) is 1.36. The number of oxazole rings is 1. The summed E-state index contributed by atoms with van der Waals surface area (Å²) < 4.78 is 5.84. The first kappa shape index (κ1) is 13.5. The molecule has 20 heavy (non-hydrogen) atoms. The molecule has 0 saturated carbocycles. The van der Waals surface area contributed by atoms with Crippen LogP contribution in [0.2, 0.25) is 0 Å². The van der Waals surface area contributed by atoms with E-state index in [-0.39, 0.29) is 25.2 Å². The van der Waals surface area contributed by atoms with Gasteiger partial charge in [0.25, 0.3) is 0 Å². The van der Waals surface area contributed by atoms with Crippen LogP contribution in [0.15, 0.2) is 28.7 Å². The van der Waals surface area contributed by atoms with Crippen LogP contribution in [-0.2, 0) is 0 Å². The average Bonchev–Trinajstić information content (AvgIpc) is 2.93. The number of aromatic nitrogens is 1. The van der Waals surface area contributed by atoms with Crippen molar-refractivity contribution in [3.05, 3.63) is 30.2 Å². The molecule has 0 spiro atoms. The van der Waals surface area contributed by atoms with Gasteiger partial charge in [-0.2, -0.15) is 0 Å². The van der Waals surface area contributed by atoms with Crippen molar-refractivity contribution >= 4 is 11.1 Å². The van der Waals surface area contributed by atoms with E-state index >= 15 is 0 Å². The summed E-state index contributed by atoms with van der Waals surface area (Å²) >= 11 is 0. The van der Waals surface area contributed by atoms with Crippen molar-refractivity contribution in [2.24, 2.45) is 0 Å². The number of rotatable bonds is 4. The van der Waals surface area contributed by atoms with Gasteiger partial charge in [-0.15, -0.1) is 0 Å². The molecule has 0 aliphatic carbocycles. The van der Waals surface area contributed by atoms with Crippen LogP contribution in [0.25, 0.3) is 11.1 Å². The lowest BCUT2D eigenvalue weighted by molar-refractivity contribution is 0.0521. The Morgan fingerprint density at radius 3 is 2.85 bits per heavy atom. The first-order valence-electron chi connectivity index (χ1n) is 7.13. The molecule has 0 bridgehead atoms. The van der Waals surface area contributed by atoms with Crippen LogP contribution in [0.5, 0.6) is 0 Å². The first-order chi connectivity index (χ1) is 9.81. The number of likely N-dealkylation sites (tertiary alicyclic amines) is 1. The van der Waals surface area contributed by atoms with Crippen LogP contribution in [0.3, 0.4) is 0 Å². The third kappa shape index (κ3) is 2.57. The van der Waals surface area contributed by atoms with Gasteiger partial charge in [0, 0.05) is 12.5 Å². The smallest absolute Gasteiger partial charge is 0.199 e. The lowest BCUT2D eigenvalue weighted by atomic mass is 9.97. The molecular formula is C15H20N2O3. The zero-order valence-corrected chi connectivity index (χ0v) is 11.4. The minimum Gasteiger partial charge on any atom is -0.440 e. The average molecular weight is 276 g/mol. The summed E-state index contributed by atoms with van der Waals surface area (Å²) in [6.45, 7) is 1.65. The van der Waals surface area contributed by atoms with Gasteiger partial charge in [-0.25, -0.2) is 4.98 Å². The maximum absolute atomic E-state index is 9.31. The second-order valence-electron chi connectivity index (χ2n) is 5.37. The summed E-state index contributed by atoms with van der Waals surface area (Å²) in [7, 11) is 0. The molecule has 0 unspecified atom stereocenters. The highest BCUT2D eigenvalue weighted by molar-refractivity contribution is 5.72. The number of benzene rings is 1. The van der Waals surface area contributed by atoms with Gasteiger partial charge < -0.3 is 14.6 Å². The highest BCUT2D eigenvalue weighted by Crippen LogP contribution is 2.29. The van der Waals surface area contributed by atoms with Crippen LogP contribution in [0.1, 0.15) is 24.7 Å². The van der Waals surface area contributed by atoms with E-state index in [0.29, 0.717) is 0 Å². The van der Waals surface area contributed by atoms with Crippen LogP contribution < -0.4 is 0 Å². The molecule has 1 saturated heterocycles. The largest absolute Gasteiger partial charge is 0.440 e. The Balaban J connectivity index is 1.79. The van der Waals surface area contributed by atoms with E-state index in [1.54, 1.807) is 0 Å². The second kappa shape index (κ2) is 5.91. The van der Waals surface area contributed by atoms with E-state index in [4.69, 9.17) is 4.42 Å². The monoisotopic (exact) mass is 276 g/mol. The fourth-order valence-corrected chi connectivity index (χ4v) is 2.89. The lowest BCUT2D eigenvalue weighted by Gasteiger charge is -2.35. The van der Waals surface area contributed by atoms with Gasteiger partial charge in [-0.1, -0.05) is 12.1 Å². The van der Waals surface area contributed by atoms with Crippen LogP contribution >= 0.6 is 0 Å². The number of aliphatic hydroxyl groups excluding tert-OH is 2. The normalized spacial score (nSPS) is 20.9. The molecule has 2 heterocycles. The van der Waals surface area contributed by atoms with E-state index in [2.05, 4.69) is 9.88 Å². The van der Waals surface area contributed by atoms with Gasteiger partial charge in [-0.3, -0.25) is 4.90 Å². The van der Waals surface area contributed by atoms with Gasteiger partial charge in [-0.05, 0) is 31.5 Å². The molecule has 0 radical (unpaired) electrons. The molecule has 1 aromatic heterocycles. The number of para-hydroxylation sites is 2. The highest BCUT2D eigenvalue weighted by atomic mass is 16.3. The number of hydrogen-bond donors (Lipinski definition) is 2. The maximum Gasteiger partial charge on any atom is 0.199 e. The molecule has 5 nitrogen and oxygen atoms in total. The summed E-state index contributed by atoms with van der Waals surface area (Å²) in [5.74, 6) is 1.00. The Bertz CT molecular complexity index is 532. The van der Waals surface area contributed by atoms with Crippen molar-refractivity contribution < 1.29 is 14.6 Å². The summed E-state index contributed by atoms with van der Waals surface area (Å²) in [5, 5.41) is 18.6. The first-order valence-corrected chi connectivity index (χ1v) is 7.13. The van der Waals surface area contributed by atoms with E-state index in [9.17, 15) is 10.2 Å². The van der Waals surface area contributed by atoms with E-state index in [1.807, 2.05) is 24.3 Å². The van der Waals surface area contributed by atoms with Gasteiger partial charge >= 0.3 is 0 Å². The molecule has 2 N–H and O–H groups in total. The molecule has 1 aromatic carbocycles. The number of piperidine rings is 1. The third-order valence-corrected chi connectivity index (χ3v) is 4.05. The number of aliphatic hydroxyl groups is 2. The lowest BCUT2D eigenvalue weighted by Crippen LogP contribution is -2.45. The van der Waals surface area contributed by atoms with Crippen LogP contribution in [0, 0.1) is 0 Å². The van der Waals surface area contributed by atoms with Gasteiger partial charge in [0.05, 0.1) is 19.3 Å². The number of hydrogen-bond acceptors (Lipinski definition) is 5. The quantitative estimate of drug-likeness (QED) is 0.882. The molecule has 5 heteroatoms. The fourth-order valence-electron chi connectivity index (χ4n) is 2.89. The van der Waals surface area contributed by atoms with Crippen molar-refractivity contribution in [2.45, 2.75) is 24.8 Å². The molecule has 1 aliphatic heterocycles. The molecule has 1 aliphatic rings. The number of fused-ring (bicyclic) bond motifs is 1. The van der Waals surface area contributed by atoms with Crippen molar-refractivity contribution in [2.75, 3.05) is 26.3 Å². The standard InChI is InChI=1S/C15H20N2O3/c18-9-12(10-19)17-7-3-4-11(8-17)15-16-13-5-1-2-6-14(13)20-15/h1-2,5-6,11-12,18-19H,3-4,7-10H2/t11-/m1/s1. The van der Waals surface area contributed by atoms with Crippen molar-refractivity contribution in [3.63, 3.8) is 0 Å². The van der Waals surface area contributed by atoms with E-state index in [0.717, 1.165) is 42.9 Å². The van der Waals surface area contributed by atoms with Crippen molar-refractivity contribution in [3.8, 4) is 0 Å². The van der Waals surface area contributed by atoms with Gasteiger partial charge in [0.2, 0.25) is 0 Å². The molecule has 1 fully saturated rings. The molecule has 3 rings (SSSR count). The Labute approximate surface area is 117 Å². The van der Waals surface area contributed by atoms with Crippen LogP contribution in [-0.4, -0.2) is 52.4 Å². The van der Waals surface area contributed by atoms with Crippen LogP contribution in [0.4, 0.5) is 0 Å². The van der Waals surface area contributed by atoms with E-state index < -0.39 is 0 Å². The second-order valence-corrected chi connectivity index (χ2v) is 5.37. The molecular weight excluding hydrogens is 256 g/mol. The molecule has 0 amide bonds. The minimum absolute atomic E-state index is 0.0171. The van der Waals surface area contributed by atoms with Crippen molar-refractivity contribution in [1.82, 2.24) is 9.88 Å². The minimum atomic E-state index is -0.179. The predicted molar refractivity (Wildman–Crippen MR) is 75.5 cm³/mol. The third-order valence-electron chi connectivity index (χ3n) is 4.05. The SMILES string of the molecule is OCC(CO)N1CCC[C@@H](c2nc3ccccc3o2)C1. The van der Waals surface area contributed by atoms with Crippen molar-refractivity contribution in [1.29, 1.82) is 0 Å². The summed E-state index contributed by atoms with van der Waals surface area (Å²) in [5.41, 5.74) is 1.71. The molecule has 2 aromatic rings. The topological polar surface area (TPSA) is 69.7 Å². The molecule has 1 atom stereocenters. The maximum atomic E-state index is 9.31. The Morgan fingerprint density at radius 2 is 2.10 bits per heavy atom. The summed E-state index contributed by atoms with van der Waals surface area (Å²) in [6.07, 6.45) is 2.06. The zero-order valence-electron chi connectivity index (χ0n) is 11.4. The van der Waals surface area contributed by atoms with Gasteiger partial charge in [0.1, 0.15) is 5.52 Å². The fraction of sp³-hybridized carbons (Fsp3) is 0.533.